The molecule has 0 unspecified atom stereocenters. The Morgan fingerprint density at radius 3 is 2.59 bits per heavy atom. The van der Waals surface area contributed by atoms with Crippen molar-refractivity contribution in [3.8, 4) is 5.75 Å². The van der Waals surface area contributed by atoms with Gasteiger partial charge in [-0.25, -0.2) is 0 Å². The Labute approximate surface area is 135 Å². The van der Waals surface area contributed by atoms with Crippen molar-refractivity contribution in [1.82, 2.24) is 5.32 Å². The SMILES string of the molecule is COc1ccccc1NC(=O)CN[C@@H](C)c1ccccc1Cl. The molecule has 116 valence electrons. The van der Waals surface area contributed by atoms with Crippen molar-refractivity contribution in [2.24, 2.45) is 0 Å². The fourth-order valence-corrected chi connectivity index (χ4v) is 2.42. The van der Waals surface area contributed by atoms with Gasteiger partial charge >= 0.3 is 0 Å². The van der Waals surface area contributed by atoms with Gasteiger partial charge in [0.2, 0.25) is 5.91 Å². The van der Waals surface area contributed by atoms with E-state index in [4.69, 9.17) is 16.3 Å². The van der Waals surface area contributed by atoms with E-state index in [1.54, 1.807) is 19.2 Å². The third-order valence-electron chi connectivity index (χ3n) is 3.32. The van der Waals surface area contributed by atoms with Crippen LogP contribution in [0.2, 0.25) is 5.02 Å². The summed E-state index contributed by atoms with van der Waals surface area (Å²) in [6.07, 6.45) is 0. The summed E-state index contributed by atoms with van der Waals surface area (Å²) in [5.41, 5.74) is 1.62. The molecule has 2 N–H and O–H groups in total. The molecule has 0 saturated heterocycles. The highest BCUT2D eigenvalue weighted by Crippen LogP contribution is 2.23. The van der Waals surface area contributed by atoms with Crippen LogP contribution < -0.4 is 15.4 Å². The van der Waals surface area contributed by atoms with Gasteiger partial charge in [0.1, 0.15) is 5.75 Å². The van der Waals surface area contributed by atoms with Gasteiger partial charge in [0.25, 0.3) is 0 Å². The average molecular weight is 319 g/mol. The molecule has 0 spiro atoms. The number of nitrogens with one attached hydrogen (secondary N) is 2. The second-order valence-corrected chi connectivity index (χ2v) is 5.28. The van der Waals surface area contributed by atoms with Crippen molar-refractivity contribution < 1.29 is 9.53 Å². The van der Waals surface area contributed by atoms with E-state index in [-0.39, 0.29) is 18.5 Å². The van der Waals surface area contributed by atoms with Crippen molar-refractivity contribution in [1.29, 1.82) is 0 Å². The number of hydrogen-bond acceptors (Lipinski definition) is 3. The minimum Gasteiger partial charge on any atom is -0.495 e. The van der Waals surface area contributed by atoms with Crippen molar-refractivity contribution >= 4 is 23.2 Å². The van der Waals surface area contributed by atoms with Crippen molar-refractivity contribution in [2.45, 2.75) is 13.0 Å². The predicted molar refractivity (Wildman–Crippen MR) is 89.5 cm³/mol. The number of carbonyl (C=O) groups is 1. The number of anilines is 1. The minimum atomic E-state index is -0.136. The van der Waals surface area contributed by atoms with Crippen LogP contribution in [0.4, 0.5) is 5.69 Å². The molecule has 0 bridgehead atoms. The van der Waals surface area contributed by atoms with Crippen molar-refractivity contribution in [2.75, 3.05) is 19.0 Å². The summed E-state index contributed by atoms with van der Waals surface area (Å²) in [5.74, 6) is 0.499. The highest BCUT2D eigenvalue weighted by Gasteiger charge is 2.11. The van der Waals surface area contributed by atoms with Crippen LogP contribution in [-0.2, 0) is 4.79 Å². The van der Waals surface area contributed by atoms with E-state index in [9.17, 15) is 4.79 Å². The van der Waals surface area contributed by atoms with E-state index in [1.165, 1.54) is 0 Å². The fourth-order valence-electron chi connectivity index (χ4n) is 2.12. The number of rotatable bonds is 6. The molecule has 0 aliphatic heterocycles. The first-order chi connectivity index (χ1) is 10.6. The fraction of sp³-hybridized carbons (Fsp3) is 0.235. The van der Waals surface area contributed by atoms with Gasteiger partial charge in [-0.1, -0.05) is 41.9 Å². The molecule has 0 fully saturated rings. The first-order valence-corrected chi connectivity index (χ1v) is 7.40. The molecule has 0 aromatic heterocycles. The Morgan fingerprint density at radius 1 is 1.18 bits per heavy atom. The summed E-state index contributed by atoms with van der Waals surface area (Å²) in [6, 6.07) is 14.9. The van der Waals surface area contributed by atoms with Gasteiger partial charge in [-0.3, -0.25) is 4.79 Å². The van der Waals surface area contributed by atoms with E-state index in [0.29, 0.717) is 16.5 Å². The summed E-state index contributed by atoms with van der Waals surface area (Å²) < 4.78 is 5.20. The average Bonchev–Trinajstić information content (AvgIpc) is 2.53. The quantitative estimate of drug-likeness (QED) is 0.855. The topological polar surface area (TPSA) is 50.4 Å². The van der Waals surface area contributed by atoms with Gasteiger partial charge < -0.3 is 15.4 Å². The maximum Gasteiger partial charge on any atom is 0.238 e. The minimum absolute atomic E-state index is 0.0166. The van der Waals surface area contributed by atoms with E-state index in [1.807, 2.05) is 43.3 Å². The molecule has 1 atom stereocenters. The van der Waals surface area contributed by atoms with Gasteiger partial charge in [0.05, 0.1) is 19.3 Å². The monoisotopic (exact) mass is 318 g/mol. The summed E-state index contributed by atoms with van der Waals surface area (Å²) in [4.78, 5) is 12.0. The normalized spacial score (nSPS) is 11.8. The molecule has 0 heterocycles. The number of halogens is 1. The number of ether oxygens (including phenoxy) is 1. The van der Waals surface area contributed by atoms with Gasteiger partial charge in [-0.2, -0.15) is 0 Å². The lowest BCUT2D eigenvalue weighted by molar-refractivity contribution is -0.115. The summed E-state index contributed by atoms with van der Waals surface area (Å²) in [5, 5.41) is 6.67. The number of amides is 1. The zero-order valence-electron chi connectivity index (χ0n) is 12.6. The summed E-state index contributed by atoms with van der Waals surface area (Å²) in [6.45, 7) is 2.15. The molecule has 2 rings (SSSR count). The maximum atomic E-state index is 12.0. The first-order valence-electron chi connectivity index (χ1n) is 7.02. The highest BCUT2D eigenvalue weighted by molar-refractivity contribution is 6.31. The Balaban J connectivity index is 1.92. The molecular formula is C17H19ClN2O2. The molecule has 0 saturated carbocycles. The zero-order valence-corrected chi connectivity index (χ0v) is 13.4. The Bertz CT molecular complexity index is 646. The van der Waals surface area contributed by atoms with Crippen LogP contribution in [0, 0.1) is 0 Å². The smallest absolute Gasteiger partial charge is 0.238 e. The van der Waals surface area contributed by atoms with Crippen molar-refractivity contribution in [3.05, 3.63) is 59.1 Å². The summed E-state index contributed by atoms with van der Waals surface area (Å²) >= 11 is 6.15. The maximum absolute atomic E-state index is 12.0. The molecule has 5 heteroatoms. The largest absolute Gasteiger partial charge is 0.495 e. The molecule has 1 amide bonds. The van der Waals surface area contributed by atoms with E-state index < -0.39 is 0 Å². The number of hydrogen-bond donors (Lipinski definition) is 2. The zero-order chi connectivity index (χ0) is 15.9. The lowest BCUT2D eigenvalue weighted by Crippen LogP contribution is -2.30. The van der Waals surface area contributed by atoms with Crippen LogP contribution in [0.5, 0.6) is 5.75 Å². The molecule has 4 nitrogen and oxygen atoms in total. The third kappa shape index (κ3) is 4.23. The van der Waals surface area contributed by atoms with Crippen LogP contribution in [0.1, 0.15) is 18.5 Å². The van der Waals surface area contributed by atoms with Gasteiger partial charge in [-0.05, 0) is 30.7 Å². The lowest BCUT2D eigenvalue weighted by atomic mass is 10.1. The van der Waals surface area contributed by atoms with E-state index >= 15 is 0 Å². The molecule has 0 aliphatic rings. The molecular weight excluding hydrogens is 300 g/mol. The summed E-state index contributed by atoms with van der Waals surface area (Å²) in [7, 11) is 1.57. The number of carbonyl (C=O) groups excluding carboxylic acids is 1. The molecule has 22 heavy (non-hydrogen) atoms. The Kier molecular flexibility index (Phi) is 5.81. The van der Waals surface area contributed by atoms with Crippen LogP contribution in [0.15, 0.2) is 48.5 Å². The van der Waals surface area contributed by atoms with Crippen LogP contribution in [-0.4, -0.2) is 19.6 Å². The standard InChI is InChI=1S/C17H19ClN2O2/c1-12(13-7-3-4-8-14(13)18)19-11-17(21)20-15-9-5-6-10-16(15)22-2/h3-10,12,19H,11H2,1-2H3,(H,20,21)/t12-/m0/s1. The number of para-hydroxylation sites is 2. The number of methoxy groups -OCH3 is 1. The predicted octanol–water partition coefficient (Wildman–Crippen LogP) is 3.64. The highest BCUT2D eigenvalue weighted by atomic mass is 35.5. The van der Waals surface area contributed by atoms with Gasteiger partial charge in [0.15, 0.2) is 0 Å². The third-order valence-corrected chi connectivity index (χ3v) is 3.67. The van der Waals surface area contributed by atoms with Crippen molar-refractivity contribution in [3.63, 3.8) is 0 Å². The molecule has 2 aromatic carbocycles. The molecule has 0 aliphatic carbocycles. The van der Waals surface area contributed by atoms with Gasteiger partial charge in [0, 0.05) is 11.1 Å². The van der Waals surface area contributed by atoms with E-state index in [0.717, 1.165) is 5.56 Å². The molecule has 0 radical (unpaired) electrons. The van der Waals surface area contributed by atoms with Gasteiger partial charge in [-0.15, -0.1) is 0 Å². The van der Waals surface area contributed by atoms with E-state index in [2.05, 4.69) is 10.6 Å². The lowest BCUT2D eigenvalue weighted by Gasteiger charge is -2.16. The van der Waals surface area contributed by atoms with Crippen LogP contribution in [0.25, 0.3) is 0 Å². The Morgan fingerprint density at radius 2 is 1.86 bits per heavy atom. The van der Waals surface area contributed by atoms with Crippen LogP contribution in [0.3, 0.4) is 0 Å². The molecule has 2 aromatic rings. The number of benzene rings is 2. The van der Waals surface area contributed by atoms with Crippen LogP contribution >= 0.6 is 11.6 Å². The second-order valence-electron chi connectivity index (χ2n) is 4.87. The second kappa shape index (κ2) is 7.82. The Hall–Kier alpha value is -2.04. The first kappa shape index (κ1) is 16.3.